The van der Waals surface area contributed by atoms with E-state index in [0.29, 0.717) is 11.7 Å². The molecule has 0 aromatic heterocycles. The van der Waals surface area contributed by atoms with Crippen molar-refractivity contribution in [2.75, 3.05) is 0 Å². The van der Waals surface area contributed by atoms with Crippen LogP contribution in [0.4, 0.5) is 0 Å². The van der Waals surface area contributed by atoms with Crippen molar-refractivity contribution in [3.8, 4) is 0 Å². The van der Waals surface area contributed by atoms with Crippen LogP contribution in [0.1, 0.15) is 63.1 Å². The van der Waals surface area contributed by atoms with E-state index in [9.17, 15) is 4.79 Å². The summed E-state index contributed by atoms with van der Waals surface area (Å²) < 4.78 is 0. The lowest BCUT2D eigenvalue weighted by Crippen LogP contribution is -2.36. The van der Waals surface area contributed by atoms with Crippen LogP contribution in [0.2, 0.25) is 0 Å². The van der Waals surface area contributed by atoms with Crippen molar-refractivity contribution in [3.63, 3.8) is 0 Å². The van der Waals surface area contributed by atoms with Crippen LogP contribution in [0.25, 0.3) is 0 Å². The van der Waals surface area contributed by atoms with Gasteiger partial charge in [-0.2, -0.15) is 0 Å². The molecule has 1 heteroatoms. The lowest BCUT2D eigenvalue weighted by atomic mass is 9.66. The van der Waals surface area contributed by atoms with Crippen LogP contribution < -0.4 is 0 Å². The Morgan fingerprint density at radius 2 is 1.90 bits per heavy atom. The van der Waals surface area contributed by atoms with Gasteiger partial charge in [-0.15, -0.1) is 0 Å². The number of hydrogen-bond donors (Lipinski definition) is 0. The van der Waals surface area contributed by atoms with E-state index in [1.54, 1.807) is 11.1 Å². The molecular weight excluding hydrogens is 256 g/mol. The van der Waals surface area contributed by atoms with Crippen molar-refractivity contribution in [1.29, 1.82) is 0 Å². The fourth-order valence-electron chi connectivity index (χ4n) is 4.41. The Morgan fingerprint density at radius 3 is 2.67 bits per heavy atom. The van der Waals surface area contributed by atoms with Gasteiger partial charge in [0.25, 0.3) is 0 Å². The Kier molecular flexibility index (Phi) is 3.94. The number of carbonyl (C=O) groups is 1. The second-order valence-corrected chi connectivity index (χ2v) is 8.03. The number of Topliss-reactive ketones (excluding diaryl/α,β-unsaturated/α-hetero) is 1. The molecule has 21 heavy (non-hydrogen) atoms. The Labute approximate surface area is 129 Å². The van der Waals surface area contributed by atoms with Crippen molar-refractivity contribution in [2.45, 2.75) is 65.7 Å². The smallest absolute Gasteiger partial charge is 0.136 e. The van der Waals surface area contributed by atoms with Gasteiger partial charge in [0.15, 0.2) is 0 Å². The lowest BCUT2D eigenvalue weighted by molar-refractivity contribution is -0.129. The minimum atomic E-state index is 0.0874. The summed E-state index contributed by atoms with van der Waals surface area (Å²) >= 11 is 0. The molecule has 1 saturated carbocycles. The number of ketones is 1. The summed E-state index contributed by atoms with van der Waals surface area (Å²) in [7, 11) is 0. The molecule has 1 nitrogen and oxygen atoms in total. The number of hydrogen-bond acceptors (Lipinski definition) is 1. The van der Waals surface area contributed by atoms with Crippen LogP contribution in [0.5, 0.6) is 0 Å². The molecule has 0 spiro atoms. The van der Waals surface area contributed by atoms with Crippen molar-refractivity contribution in [1.82, 2.24) is 0 Å². The quantitative estimate of drug-likeness (QED) is 0.783. The van der Waals surface area contributed by atoms with Gasteiger partial charge in [0.2, 0.25) is 0 Å². The molecular formula is C20H28O. The molecule has 2 aliphatic rings. The molecule has 2 unspecified atom stereocenters. The van der Waals surface area contributed by atoms with Crippen molar-refractivity contribution >= 4 is 5.78 Å². The molecule has 0 heterocycles. The van der Waals surface area contributed by atoms with Gasteiger partial charge in [0, 0.05) is 12.3 Å². The molecule has 2 aliphatic carbocycles. The molecule has 1 aromatic rings. The van der Waals surface area contributed by atoms with Crippen LogP contribution in [-0.4, -0.2) is 5.78 Å². The maximum atomic E-state index is 12.4. The van der Waals surface area contributed by atoms with E-state index in [0.717, 1.165) is 19.3 Å². The zero-order chi connectivity index (χ0) is 15.0. The Bertz CT molecular complexity index is 541. The highest BCUT2D eigenvalue weighted by Gasteiger charge is 2.38. The average molecular weight is 284 g/mol. The summed E-state index contributed by atoms with van der Waals surface area (Å²) in [6.07, 6.45) is 7.91. The van der Waals surface area contributed by atoms with Crippen molar-refractivity contribution < 1.29 is 4.79 Å². The minimum absolute atomic E-state index is 0.0874. The zero-order valence-corrected chi connectivity index (χ0v) is 13.7. The topological polar surface area (TPSA) is 17.1 Å². The number of rotatable bonds is 3. The third-order valence-electron chi connectivity index (χ3n) is 5.65. The highest BCUT2D eigenvalue weighted by atomic mass is 16.1. The highest BCUT2D eigenvalue weighted by molar-refractivity contribution is 5.82. The second kappa shape index (κ2) is 5.59. The van der Waals surface area contributed by atoms with E-state index in [-0.39, 0.29) is 11.3 Å². The minimum Gasteiger partial charge on any atom is -0.299 e. The van der Waals surface area contributed by atoms with E-state index in [1.807, 2.05) is 0 Å². The molecule has 0 bridgehead atoms. The van der Waals surface area contributed by atoms with E-state index in [4.69, 9.17) is 0 Å². The van der Waals surface area contributed by atoms with Crippen molar-refractivity contribution in [2.24, 2.45) is 17.3 Å². The molecule has 114 valence electrons. The third kappa shape index (κ3) is 3.07. The first kappa shape index (κ1) is 14.8. The molecule has 0 amide bonds. The number of fused-ring (bicyclic) bond motifs is 1. The molecule has 1 fully saturated rings. The van der Waals surface area contributed by atoms with E-state index < -0.39 is 0 Å². The fraction of sp³-hybridized carbons (Fsp3) is 0.650. The Balaban J connectivity index is 1.75. The van der Waals surface area contributed by atoms with Crippen LogP contribution in [0, 0.1) is 17.3 Å². The van der Waals surface area contributed by atoms with Crippen molar-refractivity contribution in [3.05, 3.63) is 34.9 Å². The number of aryl methyl sites for hydroxylation is 2. The number of carbonyl (C=O) groups excluding carboxylic acids is 1. The van der Waals surface area contributed by atoms with E-state index in [1.165, 1.54) is 31.2 Å². The Hall–Kier alpha value is -1.11. The first-order valence-corrected chi connectivity index (χ1v) is 8.59. The van der Waals surface area contributed by atoms with Gasteiger partial charge in [0.05, 0.1) is 0 Å². The molecule has 0 saturated heterocycles. The highest BCUT2D eigenvalue weighted by Crippen LogP contribution is 2.40. The summed E-state index contributed by atoms with van der Waals surface area (Å²) in [6, 6.07) is 7.01. The van der Waals surface area contributed by atoms with Crippen LogP contribution in [0.3, 0.4) is 0 Å². The molecule has 0 radical (unpaired) electrons. The summed E-state index contributed by atoms with van der Waals surface area (Å²) in [5.74, 6) is 1.34. The average Bonchev–Trinajstić information content (AvgIpc) is 2.85. The largest absolute Gasteiger partial charge is 0.299 e. The van der Waals surface area contributed by atoms with E-state index >= 15 is 0 Å². The normalized spacial score (nSPS) is 26.0. The molecule has 3 rings (SSSR count). The molecule has 2 atom stereocenters. The maximum Gasteiger partial charge on any atom is 0.136 e. The predicted molar refractivity (Wildman–Crippen MR) is 87.5 cm³/mol. The first-order chi connectivity index (χ1) is 9.95. The lowest BCUT2D eigenvalue weighted by Gasteiger charge is -2.37. The summed E-state index contributed by atoms with van der Waals surface area (Å²) in [5, 5.41) is 0. The SMILES string of the molecule is CC1CCC(C(C)(C)Cc2ccc3c(c2)CCC3)C(=O)C1. The molecule has 1 aromatic carbocycles. The van der Waals surface area contributed by atoms with Crippen LogP contribution in [-0.2, 0) is 24.1 Å². The fourth-order valence-corrected chi connectivity index (χ4v) is 4.41. The summed E-state index contributed by atoms with van der Waals surface area (Å²) in [6.45, 7) is 6.79. The summed E-state index contributed by atoms with van der Waals surface area (Å²) in [5.41, 5.74) is 4.60. The predicted octanol–water partition coefficient (Wildman–Crippen LogP) is 4.75. The van der Waals surface area contributed by atoms with Gasteiger partial charge in [-0.1, -0.05) is 39.0 Å². The monoisotopic (exact) mass is 284 g/mol. The second-order valence-electron chi connectivity index (χ2n) is 8.03. The summed E-state index contributed by atoms with van der Waals surface area (Å²) in [4.78, 5) is 12.4. The van der Waals surface area contributed by atoms with Gasteiger partial charge >= 0.3 is 0 Å². The molecule has 0 N–H and O–H groups in total. The van der Waals surface area contributed by atoms with Gasteiger partial charge in [0.1, 0.15) is 5.78 Å². The first-order valence-electron chi connectivity index (χ1n) is 8.59. The maximum absolute atomic E-state index is 12.4. The van der Waals surface area contributed by atoms with Gasteiger partial charge in [-0.05, 0) is 66.5 Å². The molecule has 0 aliphatic heterocycles. The van der Waals surface area contributed by atoms with E-state index in [2.05, 4.69) is 39.0 Å². The third-order valence-corrected chi connectivity index (χ3v) is 5.65. The van der Waals surface area contributed by atoms with Crippen LogP contribution in [0.15, 0.2) is 18.2 Å². The van der Waals surface area contributed by atoms with Gasteiger partial charge in [-0.3, -0.25) is 4.79 Å². The zero-order valence-electron chi connectivity index (χ0n) is 13.7. The van der Waals surface area contributed by atoms with Gasteiger partial charge < -0.3 is 0 Å². The van der Waals surface area contributed by atoms with Gasteiger partial charge in [-0.25, -0.2) is 0 Å². The number of benzene rings is 1. The Morgan fingerprint density at radius 1 is 1.14 bits per heavy atom. The standard InChI is InChI=1S/C20H28O/c1-14-7-10-18(19(21)11-14)20(2,3)13-15-8-9-16-5-4-6-17(16)12-15/h8-9,12,14,18H,4-7,10-11,13H2,1-3H3. The van der Waals surface area contributed by atoms with Crippen LogP contribution >= 0.6 is 0 Å².